The smallest absolute Gasteiger partial charge is 0.239 e. The number of hydrogen-bond acceptors (Lipinski definition) is 2. The van der Waals surface area contributed by atoms with Crippen molar-refractivity contribution < 1.29 is 4.79 Å². The van der Waals surface area contributed by atoms with E-state index in [2.05, 4.69) is 37.9 Å². The predicted molar refractivity (Wildman–Crippen MR) is 76.5 cm³/mol. The minimum Gasteiger partial charge on any atom is -0.341 e. The molecule has 1 unspecified atom stereocenters. The molecule has 1 atom stereocenters. The van der Waals surface area contributed by atoms with Gasteiger partial charge in [-0.2, -0.15) is 0 Å². The lowest BCUT2D eigenvalue weighted by atomic mass is 10.1. The van der Waals surface area contributed by atoms with E-state index in [9.17, 15) is 4.79 Å². The van der Waals surface area contributed by atoms with E-state index in [1.807, 2.05) is 0 Å². The van der Waals surface area contributed by atoms with Crippen LogP contribution in [0.15, 0.2) is 0 Å². The first-order chi connectivity index (χ1) is 8.50. The maximum Gasteiger partial charge on any atom is 0.239 e. The van der Waals surface area contributed by atoms with Crippen LogP contribution >= 0.6 is 0 Å². The Balaban J connectivity index is 2.48. The van der Waals surface area contributed by atoms with Crippen LogP contribution in [-0.2, 0) is 4.79 Å². The van der Waals surface area contributed by atoms with Crippen LogP contribution in [0.2, 0.25) is 0 Å². The lowest BCUT2D eigenvalue weighted by Gasteiger charge is -2.27. The molecule has 3 nitrogen and oxygen atoms in total. The van der Waals surface area contributed by atoms with E-state index in [4.69, 9.17) is 0 Å². The average Bonchev–Trinajstić information content (AvgIpc) is 2.81. The van der Waals surface area contributed by atoms with Gasteiger partial charge in [0.15, 0.2) is 0 Å². The van der Waals surface area contributed by atoms with Crippen LogP contribution in [0.25, 0.3) is 0 Å². The lowest BCUT2D eigenvalue weighted by molar-refractivity contribution is -0.133. The van der Waals surface area contributed by atoms with Crippen molar-refractivity contribution in [2.24, 2.45) is 11.8 Å². The summed E-state index contributed by atoms with van der Waals surface area (Å²) in [5, 5.41) is 3.32. The zero-order valence-corrected chi connectivity index (χ0v) is 12.5. The summed E-state index contributed by atoms with van der Waals surface area (Å²) in [5.74, 6) is 1.65. The number of carbonyl (C=O) groups excluding carboxylic acids is 1. The number of rotatable bonds is 7. The Morgan fingerprint density at radius 1 is 1.17 bits per heavy atom. The molecule has 1 fully saturated rings. The van der Waals surface area contributed by atoms with Crippen LogP contribution in [0.4, 0.5) is 0 Å². The largest absolute Gasteiger partial charge is 0.341 e. The van der Waals surface area contributed by atoms with Crippen LogP contribution in [0.5, 0.6) is 0 Å². The molecule has 0 aromatic rings. The van der Waals surface area contributed by atoms with Gasteiger partial charge in [0.05, 0.1) is 6.04 Å². The average molecular weight is 254 g/mol. The summed E-state index contributed by atoms with van der Waals surface area (Å²) in [5.41, 5.74) is 0. The molecule has 1 aliphatic heterocycles. The van der Waals surface area contributed by atoms with Gasteiger partial charge >= 0.3 is 0 Å². The molecular formula is C15H30N2O. The van der Waals surface area contributed by atoms with Gasteiger partial charge in [0.25, 0.3) is 0 Å². The molecule has 0 spiro atoms. The van der Waals surface area contributed by atoms with Gasteiger partial charge in [-0.25, -0.2) is 0 Å². The van der Waals surface area contributed by atoms with E-state index in [0.717, 1.165) is 45.3 Å². The monoisotopic (exact) mass is 254 g/mol. The molecule has 3 heteroatoms. The van der Waals surface area contributed by atoms with Gasteiger partial charge in [-0.1, -0.05) is 27.7 Å². The van der Waals surface area contributed by atoms with Gasteiger partial charge in [-0.05, 0) is 44.1 Å². The van der Waals surface area contributed by atoms with Crippen molar-refractivity contribution in [2.45, 2.75) is 59.4 Å². The molecule has 106 valence electrons. The third kappa shape index (κ3) is 5.38. The summed E-state index contributed by atoms with van der Waals surface area (Å²) in [6.45, 7) is 11.7. The first-order valence-electron chi connectivity index (χ1n) is 7.53. The van der Waals surface area contributed by atoms with Gasteiger partial charge in [0.1, 0.15) is 0 Å². The van der Waals surface area contributed by atoms with E-state index >= 15 is 0 Å². The topological polar surface area (TPSA) is 32.3 Å². The molecule has 0 bridgehead atoms. The molecular weight excluding hydrogens is 224 g/mol. The number of nitrogens with one attached hydrogen (secondary N) is 1. The van der Waals surface area contributed by atoms with E-state index in [1.165, 1.54) is 0 Å². The molecule has 1 heterocycles. The highest BCUT2D eigenvalue weighted by Crippen LogP contribution is 2.12. The normalized spacial score (nSPS) is 19.8. The number of amides is 1. The van der Waals surface area contributed by atoms with Crippen LogP contribution in [0.1, 0.15) is 53.4 Å². The van der Waals surface area contributed by atoms with Gasteiger partial charge in [-0.3, -0.25) is 4.79 Å². The summed E-state index contributed by atoms with van der Waals surface area (Å²) in [6.07, 6.45) is 4.37. The molecule has 0 aromatic heterocycles. The molecule has 1 N–H and O–H groups in total. The number of carbonyl (C=O) groups is 1. The fourth-order valence-electron chi connectivity index (χ4n) is 2.28. The first kappa shape index (κ1) is 15.5. The fourth-order valence-corrected chi connectivity index (χ4v) is 2.28. The maximum atomic E-state index is 12.4. The lowest BCUT2D eigenvalue weighted by Crippen LogP contribution is -2.44. The minimum atomic E-state index is 0.0873. The standard InChI is InChI=1S/C15H30N2O/c1-12(2)7-10-17(11-8-13(3)4)15(18)14-6-5-9-16-14/h12-14,16H,5-11H2,1-4H3. The van der Waals surface area contributed by atoms with Crippen molar-refractivity contribution in [1.29, 1.82) is 0 Å². The van der Waals surface area contributed by atoms with Gasteiger partial charge in [0, 0.05) is 13.1 Å². The van der Waals surface area contributed by atoms with Crippen LogP contribution in [0.3, 0.4) is 0 Å². The van der Waals surface area contributed by atoms with E-state index in [0.29, 0.717) is 17.7 Å². The summed E-state index contributed by atoms with van der Waals surface area (Å²) in [6, 6.07) is 0.0873. The van der Waals surface area contributed by atoms with E-state index in [-0.39, 0.29) is 6.04 Å². The van der Waals surface area contributed by atoms with Crippen LogP contribution < -0.4 is 5.32 Å². The highest BCUT2D eigenvalue weighted by atomic mass is 16.2. The Morgan fingerprint density at radius 2 is 1.72 bits per heavy atom. The molecule has 1 saturated heterocycles. The highest BCUT2D eigenvalue weighted by Gasteiger charge is 2.26. The molecule has 0 aromatic carbocycles. The Hall–Kier alpha value is -0.570. The Morgan fingerprint density at radius 3 is 2.11 bits per heavy atom. The zero-order chi connectivity index (χ0) is 13.5. The van der Waals surface area contributed by atoms with Gasteiger partial charge in [0.2, 0.25) is 5.91 Å². The minimum absolute atomic E-state index is 0.0873. The highest BCUT2D eigenvalue weighted by molar-refractivity contribution is 5.82. The third-order valence-corrected chi connectivity index (χ3v) is 3.62. The maximum absolute atomic E-state index is 12.4. The predicted octanol–water partition coefficient (Wildman–Crippen LogP) is 2.66. The zero-order valence-electron chi connectivity index (χ0n) is 12.5. The SMILES string of the molecule is CC(C)CCN(CCC(C)C)C(=O)C1CCCN1. The van der Waals surface area contributed by atoms with E-state index in [1.54, 1.807) is 0 Å². The number of hydrogen-bond donors (Lipinski definition) is 1. The van der Waals surface area contributed by atoms with Gasteiger partial charge in [-0.15, -0.1) is 0 Å². The number of nitrogens with zero attached hydrogens (tertiary/aromatic N) is 1. The van der Waals surface area contributed by atoms with Crippen molar-refractivity contribution in [2.75, 3.05) is 19.6 Å². The Kier molecular flexibility index (Phi) is 6.69. The quantitative estimate of drug-likeness (QED) is 0.757. The van der Waals surface area contributed by atoms with Crippen molar-refractivity contribution in [3.05, 3.63) is 0 Å². The van der Waals surface area contributed by atoms with Crippen molar-refractivity contribution in [1.82, 2.24) is 10.2 Å². The molecule has 0 radical (unpaired) electrons. The summed E-state index contributed by atoms with van der Waals surface area (Å²) in [7, 11) is 0. The molecule has 1 rings (SSSR count). The van der Waals surface area contributed by atoms with Gasteiger partial charge < -0.3 is 10.2 Å². The Labute approximate surface area is 112 Å². The van der Waals surface area contributed by atoms with Crippen LogP contribution in [-0.4, -0.2) is 36.5 Å². The molecule has 18 heavy (non-hydrogen) atoms. The molecule has 1 amide bonds. The van der Waals surface area contributed by atoms with Crippen molar-refractivity contribution >= 4 is 5.91 Å². The third-order valence-electron chi connectivity index (χ3n) is 3.62. The van der Waals surface area contributed by atoms with Crippen LogP contribution in [0, 0.1) is 11.8 Å². The summed E-state index contributed by atoms with van der Waals surface area (Å²) < 4.78 is 0. The second-order valence-electron chi connectivity index (χ2n) is 6.34. The summed E-state index contributed by atoms with van der Waals surface area (Å²) in [4.78, 5) is 14.5. The molecule has 0 saturated carbocycles. The molecule has 0 aliphatic carbocycles. The summed E-state index contributed by atoms with van der Waals surface area (Å²) >= 11 is 0. The second kappa shape index (κ2) is 7.78. The van der Waals surface area contributed by atoms with Crippen molar-refractivity contribution in [3.63, 3.8) is 0 Å². The second-order valence-corrected chi connectivity index (χ2v) is 6.34. The van der Waals surface area contributed by atoms with E-state index < -0.39 is 0 Å². The van der Waals surface area contributed by atoms with Crippen molar-refractivity contribution in [3.8, 4) is 0 Å². The molecule has 1 aliphatic rings. The first-order valence-corrected chi connectivity index (χ1v) is 7.53. The Bertz CT molecular complexity index is 233. The fraction of sp³-hybridized carbons (Fsp3) is 0.933.